The van der Waals surface area contributed by atoms with Crippen LogP contribution in [0.5, 0.6) is 0 Å². The van der Waals surface area contributed by atoms with Gasteiger partial charge in [0.1, 0.15) is 0 Å². The molecule has 2 aromatic rings. The van der Waals surface area contributed by atoms with Gasteiger partial charge in [0, 0.05) is 22.7 Å². The number of rotatable bonds is 5. The summed E-state index contributed by atoms with van der Waals surface area (Å²) in [6, 6.07) is 13.7. The Labute approximate surface area is 127 Å². The van der Waals surface area contributed by atoms with Crippen molar-refractivity contribution in [2.24, 2.45) is 0 Å². The Morgan fingerprint density at radius 2 is 1.71 bits per heavy atom. The molecule has 0 radical (unpaired) electrons. The molecule has 0 saturated carbocycles. The predicted octanol–water partition coefficient (Wildman–Crippen LogP) is 3.61. The molecule has 108 valence electrons. The molecule has 5 heteroatoms. The van der Waals surface area contributed by atoms with Crippen LogP contribution in [0.15, 0.2) is 48.5 Å². The van der Waals surface area contributed by atoms with Crippen molar-refractivity contribution in [3.63, 3.8) is 0 Å². The summed E-state index contributed by atoms with van der Waals surface area (Å²) in [5.41, 5.74) is 1.91. The van der Waals surface area contributed by atoms with Gasteiger partial charge in [0.05, 0.1) is 0 Å². The first-order chi connectivity index (χ1) is 10.1. The molecule has 0 atom stereocenters. The van der Waals surface area contributed by atoms with E-state index in [0.717, 1.165) is 5.56 Å². The van der Waals surface area contributed by atoms with Crippen LogP contribution < -0.4 is 5.32 Å². The molecule has 21 heavy (non-hydrogen) atoms. The van der Waals surface area contributed by atoms with Crippen molar-refractivity contribution in [1.82, 2.24) is 0 Å². The second-order valence-electron chi connectivity index (χ2n) is 4.51. The summed E-state index contributed by atoms with van der Waals surface area (Å²) in [4.78, 5) is 22.8. The summed E-state index contributed by atoms with van der Waals surface area (Å²) in [6.45, 7) is 0. The number of benzene rings is 2. The fourth-order valence-corrected chi connectivity index (χ4v) is 2.02. The summed E-state index contributed by atoms with van der Waals surface area (Å²) < 4.78 is 0. The Morgan fingerprint density at radius 3 is 2.38 bits per heavy atom. The van der Waals surface area contributed by atoms with Crippen molar-refractivity contribution in [1.29, 1.82) is 0 Å². The highest BCUT2D eigenvalue weighted by molar-refractivity contribution is 6.30. The van der Waals surface area contributed by atoms with E-state index in [1.807, 2.05) is 6.07 Å². The first kappa shape index (κ1) is 15.1. The van der Waals surface area contributed by atoms with Crippen LogP contribution in [0.4, 0.5) is 5.69 Å². The fourth-order valence-electron chi connectivity index (χ4n) is 1.90. The van der Waals surface area contributed by atoms with Crippen LogP contribution in [0.3, 0.4) is 0 Å². The van der Waals surface area contributed by atoms with E-state index in [4.69, 9.17) is 16.7 Å². The second-order valence-corrected chi connectivity index (χ2v) is 4.95. The van der Waals surface area contributed by atoms with Crippen LogP contribution in [0.1, 0.15) is 22.3 Å². The monoisotopic (exact) mass is 303 g/mol. The average molecular weight is 304 g/mol. The van der Waals surface area contributed by atoms with Crippen LogP contribution in [0, 0.1) is 0 Å². The number of carboxylic acid groups (broad SMARTS) is 1. The van der Waals surface area contributed by atoms with E-state index in [0.29, 0.717) is 22.7 Å². The number of carboxylic acids is 1. The van der Waals surface area contributed by atoms with E-state index in [9.17, 15) is 9.59 Å². The fraction of sp³-hybridized carbons (Fsp3) is 0.125. The third-order valence-corrected chi connectivity index (χ3v) is 3.23. The molecule has 2 N–H and O–H groups in total. The zero-order chi connectivity index (χ0) is 15.2. The van der Waals surface area contributed by atoms with Gasteiger partial charge in [-0.3, -0.25) is 9.59 Å². The zero-order valence-electron chi connectivity index (χ0n) is 11.2. The quantitative estimate of drug-likeness (QED) is 0.886. The number of aryl methyl sites for hydroxylation is 1. The molecule has 0 aliphatic rings. The van der Waals surface area contributed by atoms with E-state index in [1.165, 1.54) is 0 Å². The number of amides is 1. The van der Waals surface area contributed by atoms with Gasteiger partial charge in [-0.05, 0) is 42.3 Å². The molecule has 2 rings (SSSR count). The number of hydrogen-bond donors (Lipinski definition) is 2. The summed E-state index contributed by atoms with van der Waals surface area (Å²) in [7, 11) is 0. The lowest BCUT2D eigenvalue weighted by Crippen LogP contribution is -2.13. The molecular formula is C16H14ClNO3. The number of carbonyl (C=O) groups excluding carboxylic acids is 1. The molecule has 0 heterocycles. The standard InChI is InChI=1S/C16H14ClNO3/c17-13-8-5-12(6-9-13)16(21)18-14-4-2-1-3-11(14)7-10-15(19)20/h1-6,8-9H,7,10H2,(H,18,21)(H,19,20). The van der Waals surface area contributed by atoms with Crippen molar-refractivity contribution in [2.75, 3.05) is 5.32 Å². The van der Waals surface area contributed by atoms with Crippen molar-refractivity contribution in [3.05, 3.63) is 64.7 Å². The lowest BCUT2D eigenvalue weighted by molar-refractivity contribution is -0.136. The van der Waals surface area contributed by atoms with Gasteiger partial charge in [0.15, 0.2) is 0 Å². The average Bonchev–Trinajstić information content (AvgIpc) is 2.47. The lowest BCUT2D eigenvalue weighted by atomic mass is 10.1. The van der Waals surface area contributed by atoms with Gasteiger partial charge < -0.3 is 10.4 Å². The molecule has 4 nitrogen and oxygen atoms in total. The molecule has 0 bridgehead atoms. The van der Waals surface area contributed by atoms with Gasteiger partial charge in [-0.1, -0.05) is 29.8 Å². The molecule has 0 fully saturated rings. The summed E-state index contributed by atoms with van der Waals surface area (Å²) in [5.74, 6) is -1.12. The molecule has 0 saturated heterocycles. The van der Waals surface area contributed by atoms with Gasteiger partial charge in [-0.15, -0.1) is 0 Å². The van der Waals surface area contributed by atoms with Gasteiger partial charge >= 0.3 is 5.97 Å². The maximum atomic E-state index is 12.1. The molecular weight excluding hydrogens is 290 g/mol. The summed E-state index contributed by atoms with van der Waals surface area (Å²) >= 11 is 5.79. The van der Waals surface area contributed by atoms with E-state index in [1.54, 1.807) is 42.5 Å². The van der Waals surface area contributed by atoms with Crippen molar-refractivity contribution < 1.29 is 14.7 Å². The molecule has 1 amide bonds. The van der Waals surface area contributed by atoms with E-state index in [-0.39, 0.29) is 12.3 Å². The highest BCUT2D eigenvalue weighted by Crippen LogP contribution is 2.18. The summed E-state index contributed by atoms with van der Waals surface area (Å²) in [6.07, 6.45) is 0.389. The number of hydrogen-bond acceptors (Lipinski definition) is 2. The number of aliphatic carboxylic acids is 1. The molecule has 0 aromatic heterocycles. The first-order valence-corrected chi connectivity index (χ1v) is 6.80. The minimum Gasteiger partial charge on any atom is -0.481 e. The predicted molar refractivity (Wildman–Crippen MR) is 81.8 cm³/mol. The number of carbonyl (C=O) groups is 2. The Hall–Kier alpha value is -2.33. The third-order valence-electron chi connectivity index (χ3n) is 2.98. The van der Waals surface area contributed by atoms with Gasteiger partial charge in [-0.25, -0.2) is 0 Å². The van der Waals surface area contributed by atoms with Crippen LogP contribution in [-0.4, -0.2) is 17.0 Å². The molecule has 0 aliphatic carbocycles. The number of para-hydroxylation sites is 1. The first-order valence-electron chi connectivity index (χ1n) is 6.43. The molecule has 2 aromatic carbocycles. The largest absolute Gasteiger partial charge is 0.481 e. The smallest absolute Gasteiger partial charge is 0.303 e. The van der Waals surface area contributed by atoms with Crippen molar-refractivity contribution in [2.45, 2.75) is 12.8 Å². The number of anilines is 1. The zero-order valence-corrected chi connectivity index (χ0v) is 11.9. The maximum absolute atomic E-state index is 12.1. The third kappa shape index (κ3) is 4.33. The van der Waals surface area contributed by atoms with E-state index in [2.05, 4.69) is 5.32 Å². The lowest BCUT2D eigenvalue weighted by Gasteiger charge is -2.10. The van der Waals surface area contributed by atoms with Crippen molar-refractivity contribution in [3.8, 4) is 0 Å². The van der Waals surface area contributed by atoms with Crippen molar-refractivity contribution >= 4 is 29.2 Å². The Morgan fingerprint density at radius 1 is 1.05 bits per heavy atom. The Bertz CT molecular complexity index is 653. The van der Waals surface area contributed by atoms with Crippen LogP contribution in [-0.2, 0) is 11.2 Å². The number of nitrogens with one attached hydrogen (secondary N) is 1. The van der Waals surface area contributed by atoms with Crippen LogP contribution >= 0.6 is 11.6 Å². The Balaban J connectivity index is 2.13. The maximum Gasteiger partial charge on any atom is 0.303 e. The second kappa shape index (κ2) is 6.90. The molecule has 0 aliphatic heterocycles. The Kier molecular flexibility index (Phi) is 4.95. The summed E-state index contributed by atoms with van der Waals surface area (Å²) in [5, 5.41) is 12.1. The SMILES string of the molecule is O=C(O)CCc1ccccc1NC(=O)c1ccc(Cl)cc1. The van der Waals surface area contributed by atoms with Crippen LogP contribution in [0.2, 0.25) is 5.02 Å². The molecule has 0 unspecified atom stereocenters. The number of halogens is 1. The van der Waals surface area contributed by atoms with E-state index < -0.39 is 5.97 Å². The van der Waals surface area contributed by atoms with Gasteiger partial charge in [0.2, 0.25) is 0 Å². The van der Waals surface area contributed by atoms with E-state index >= 15 is 0 Å². The van der Waals surface area contributed by atoms with Crippen LogP contribution in [0.25, 0.3) is 0 Å². The highest BCUT2D eigenvalue weighted by Gasteiger charge is 2.09. The highest BCUT2D eigenvalue weighted by atomic mass is 35.5. The molecule has 0 spiro atoms. The minimum atomic E-state index is -0.867. The van der Waals surface area contributed by atoms with Gasteiger partial charge in [-0.2, -0.15) is 0 Å². The minimum absolute atomic E-state index is 0.0217. The topological polar surface area (TPSA) is 66.4 Å². The van der Waals surface area contributed by atoms with Gasteiger partial charge in [0.25, 0.3) is 5.91 Å². The normalized spacial score (nSPS) is 10.1.